The van der Waals surface area contributed by atoms with Gasteiger partial charge in [0.2, 0.25) is 5.91 Å². The first-order chi connectivity index (χ1) is 20.0. The molecule has 3 saturated heterocycles. The zero-order valence-corrected chi connectivity index (χ0v) is 23.3. The van der Waals surface area contributed by atoms with Crippen molar-refractivity contribution in [1.82, 2.24) is 10.6 Å². The van der Waals surface area contributed by atoms with Crippen LogP contribution in [0, 0.1) is 0 Å². The number of ether oxygens (including phenoxy) is 6. The number of rotatable bonds is 13. The van der Waals surface area contributed by atoms with Crippen LogP contribution < -0.4 is 10.6 Å². The Kier molecular flexibility index (Phi) is 13.6. The van der Waals surface area contributed by atoms with E-state index < -0.39 is 118 Å². The molecule has 0 bridgehead atoms. The summed E-state index contributed by atoms with van der Waals surface area (Å²) in [5, 5.41) is 98.2. The average Bonchev–Trinajstić information content (AvgIpc) is 2.97. The first-order valence-corrected chi connectivity index (χ1v) is 13.7. The molecule has 42 heavy (non-hydrogen) atoms. The second-order valence-corrected chi connectivity index (χ2v) is 10.4. The van der Waals surface area contributed by atoms with Gasteiger partial charge in [-0.05, 0) is 20.0 Å². The number of carbonyl (C=O) groups is 1. The standard InChI is InChI=1S/C24H44N2O16/c1-9(30)26-13-16(33)20(12(8-29)40-22(13)37-5-3-4-25-2)41-24-19(36)21(15(32)11(7-28)39-24)42-23-18(35)17(34)14(31)10(6-27)38-23/h10-25,27-29,31-36H,3-8H2,1-2H3,(H,26,30). The summed E-state index contributed by atoms with van der Waals surface area (Å²) in [5.41, 5.74) is 0. The van der Waals surface area contributed by atoms with Crippen molar-refractivity contribution in [1.29, 1.82) is 0 Å². The van der Waals surface area contributed by atoms with E-state index in [0.29, 0.717) is 13.0 Å². The van der Waals surface area contributed by atoms with E-state index >= 15 is 0 Å². The minimum Gasteiger partial charge on any atom is -0.394 e. The number of hydrogen-bond donors (Lipinski definition) is 11. The van der Waals surface area contributed by atoms with Crippen molar-refractivity contribution in [2.24, 2.45) is 0 Å². The predicted molar refractivity (Wildman–Crippen MR) is 135 cm³/mol. The predicted octanol–water partition coefficient (Wildman–Crippen LogP) is -6.80. The fourth-order valence-corrected chi connectivity index (χ4v) is 5.03. The lowest BCUT2D eigenvalue weighted by molar-refractivity contribution is -0.376. The van der Waals surface area contributed by atoms with Crippen LogP contribution in [0.5, 0.6) is 0 Å². The van der Waals surface area contributed by atoms with Crippen molar-refractivity contribution in [2.45, 2.75) is 105 Å². The molecule has 0 aromatic rings. The SMILES string of the molecule is CNCCCOC1OC(CO)C(OC2OC(CO)C(O)C(OC3OC(CO)C(O)C(O)C3O)C2O)C(O)C1NC(C)=O. The Morgan fingerprint density at radius 1 is 0.690 bits per heavy atom. The quantitative estimate of drug-likeness (QED) is 0.0858. The maximum Gasteiger partial charge on any atom is 0.217 e. The van der Waals surface area contributed by atoms with E-state index in [9.17, 15) is 50.8 Å². The lowest BCUT2D eigenvalue weighted by atomic mass is 9.95. The molecule has 3 aliphatic heterocycles. The first kappa shape index (κ1) is 35.3. The molecule has 0 aromatic carbocycles. The number of aliphatic hydroxyl groups excluding tert-OH is 9. The third kappa shape index (κ3) is 8.10. The molecule has 11 N–H and O–H groups in total. The minimum atomic E-state index is -1.89. The molecule has 3 heterocycles. The van der Waals surface area contributed by atoms with E-state index in [1.807, 2.05) is 0 Å². The molecule has 0 saturated carbocycles. The fourth-order valence-electron chi connectivity index (χ4n) is 5.03. The van der Waals surface area contributed by atoms with E-state index in [2.05, 4.69) is 10.6 Å². The van der Waals surface area contributed by atoms with Gasteiger partial charge >= 0.3 is 0 Å². The maximum atomic E-state index is 11.9. The molecule has 0 spiro atoms. The van der Waals surface area contributed by atoms with E-state index in [1.54, 1.807) is 7.05 Å². The normalized spacial score (nSPS) is 44.6. The summed E-state index contributed by atoms with van der Waals surface area (Å²) in [6.45, 7) is -0.226. The number of aliphatic hydroxyl groups is 9. The zero-order valence-electron chi connectivity index (χ0n) is 23.3. The molecule has 0 aromatic heterocycles. The number of amides is 1. The van der Waals surface area contributed by atoms with Crippen molar-refractivity contribution in [3.05, 3.63) is 0 Å². The van der Waals surface area contributed by atoms with Crippen molar-refractivity contribution in [2.75, 3.05) is 40.0 Å². The van der Waals surface area contributed by atoms with Gasteiger partial charge in [0.25, 0.3) is 0 Å². The molecule has 18 nitrogen and oxygen atoms in total. The van der Waals surface area contributed by atoms with Gasteiger partial charge in [0.1, 0.15) is 73.2 Å². The molecule has 1 amide bonds. The molecule has 0 radical (unpaired) electrons. The van der Waals surface area contributed by atoms with Crippen molar-refractivity contribution in [3.8, 4) is 0 Å². The van der Waals surface area contributed by atoms with Crippen molar-refractivity contribution >= 4 is 5.91 Å². The molecule has 3 aliphatic rings. The first-order valence-electron chi connectivity index (χ1n) is 13.7. The van der Waals surface area contributed by atoms with Crippen LogP contribution in [0.1, 0.15) is 13.3 Å². The Morgan fingerprint density at radius 2 is 1.24 bits per heavy atom. The monoisotopic (exact) mass is 616 g/mol. The maximum absolute atomic E-state index is 11.9. The Bertz CT molecular complexity index is 827. The number of hydrogen-bond acceptors (Lipinski definition) is 17. The highest BCUT2D eigenvalue weighted by molar-refractivity contribution is 5.73. The van der Waals surface area contributed by atoms with Crippen molar-refractivity contribution in [3.63, 3.8) is 0 Å². The Hall–Kier alpha value is -1.17. The second kappa shape index (κ2) is 16.2. The van der Waals surface area contributed by atoms with E-state index in [0.717, 1.165) is 0 Å². The summed E-state index contributed by atoms with van der Waals surface area (Å²) >= 11 is 0. The van der Waals surface area contributed by atoms with Gasteiger partial charge in [0.05, 0.1) is 26.4 Å². The summed E-state index contributed by atoms with van der Waals surface area (Å²) in [7, 11) is 1.76. The van der Waals surface area contributed by atoms with Gasteiger partial charge < -0.3 is 85.0 Å². The molecule has 18 heteroatoms. The third-order valence-corrected chi connectivity index (χ3v) is 7.33. The summed E-state index contributed by atoms with van der Waals surface area (Å²) in [4.78, 5) is 11.9. The highest BCUT2D eigenvalue weighted by Gasteiger charge is 2.54. The summed E-state index contributed by atoms with van der Waals surface area (Å²) in [6.07, 6.45) is -21.9. The van der Waals surface area contributed by atoms with Crippen molar-refractivity contribution < 1.29 is 79.2 Å². The highest BCUT2D eigenvalue weighted by Crippen LogP contribution is 2.32. The lowest BCUT2D eigenvalue weighted by Gasteiger charge is -2.48. The topological polar surface area (TPSA) is 279 Å². The fraction of sp³-hybridized carbons (Fsp3) is 0.958. The van der Waals surface area contributed by atoms with Crippen LogP contribution >= 0.6 is 0 Å². The second-order valence-electron chi connectivity index (χ2n) is 10.4. The van der Waals surface area contributed by atoms with Gasteiger partial charge in [-0.1, -0.05) is 0 Å². The molecule has 246 valence electrons. The van der Waals surface area contributed by atoms with Crippen LogP contribution in [0.3, 0.4) is 0 Å². The van der Waals surface area contributed by atoms with Crippen LogP contribution in [0.15, 0.2) is 0 Å². The van der Waals surface area contributed by atoms with Crippen LogP contribution in [0.4, 0.5) is 0 Å². The minimum absolute atomic E-state index is 0.190. The summed E-state index contributed by atoms with van der Waals surface area (Å²) in [6, 6.07) is -1.17. The molecule has 3 rings (SSSR count). The van der Waals surface area contributed by atoms with E-state index in [4.69, 9.17) is 28.4 Å². The Labute approximate surface area is 241 Å². The van der Waals surface area contributed by atoms with Gasteiger partial charge in [0.15, 0.2) is 18.9 Å². The average molecular weight is 617 g/mol. The van der Waals surface area contributed by atoms with E-state index in [1.165, 1.54) is 6.92 Å². The molecular weight excluding hydrogens is 572 g/mol. The van der Waals surface area contributed by atoms with Crippen LogP contribution in [-0.4, -0.2) is 184 Å². The third-order valence-electron chi connectivity index (χ3n) is 7.33. The highest BCUT2D eigenvalue weighted by atomic mass is 16.8. The van der Waals surface area contributed by atoms with Crippen LogP contribution in [0.2, 0.25) is 0 Å². The largest absolute Gasteiger partial charge is 0.394 e. The molecule has 0 aliphatic carbocycles. The van der Waals surface area contributed by atoms with Crippen LogP contribution in [0.25, 0.3) is 0 Å². The molecule has 3 fully saturated rings. The lowest BCUT2D eigenvalue weighted by Crippen LogP contribution is -2.68. The molecule has 15 unspecified atom stereocenters. The molecular formula is C24H44N2O16. The summed E-state index contributed by atoms with van der Waals surface area (Å²) in [5.74, 6) is -0.530. The van der Waals surface area contributed by atoms with Gasteiger partial charge in [-0.2, -0.15) is 0 Å². The number of carbonyl (C=O) groups excluding carboxylic acids is 1. The number of nitrogens with one attached hydrogen (secondary N) is 2. The smallest absolute Gasteiger partial charge is 0.217 e. The van der Waals surface area contributed by atoms with Gasteiger partial charge in [-0.25, -0.2) is 0 Å². The van der Waals surface area contributed by atoms with Gasteiger partial charge in [0, 0.05) is 6.92 Å². The van der Waals surface area contributed by atoms with E-state index in [-0.39, 0.29) is 6.61 Å². The zero-order chi connectivity index (χ0) is 31.1. The molecule has 15 atom stereocenters. The summed E-state index contributed by atoms with van der Waals surface area (Å²) < 4.78 is 33.6. The Morgan fingerprint density at radius 3 is 1.81 bits per heavy atom. The van der Waals surface area contributed by atoms with Gasteiger partial charge in [-0.15, -0.1) is 0 Å². The van der Waals surface area contributed by atoms with Crippen LogP contribution in [-0.2, 0) is 33.2 Å². The Balaban J connectivity index is 1.79. The van der Waals surface area contributed by atoms with Gasteiger partial charge in [-0.3, -0.25) is 4.79 Å².